The van der Waals surface area contributed by atoms with Gasteiger partial charge in [0.25, 0.3) is 5.91 Å². The van der Waals surface area contributed by atoms with Gasteiger partial charge in [0, 0.05) is 43.3 Å². The van der Waals surface area contributed by atoms with Crippen LogP contribution in [-0.2, 0) is 12.8 Å². The van der Waals surface area contributed by atoms with E-state index in [2.05, 4.69) is 22.0 Å². The second kappa shape index (κ2) is 6.32. The highest BCUT2D eigenvalue weighted by atomic mass is 32.1. The van der Waals surface area contributed by atoms with Crippen molar-refractivity contribution in [3.8, 4) is 0 Å². The van der Waals surface area contributed by atoms with Crippen molar-refractivity contribution in [1.82, 2.24) is 9.88 Å². The van der Waals surface area contributed by atoms with E-state index in [4.69, 9.17) is 0 Å². The Morgan fingerprint density at radius 2 is 1.83 bits per heavy atom. The summed E-state index contributed by atoms with van der Waals surface area (Å²) < 4.78 is 0. The van der Waals surface area contributed by atoms with Crippen LogP contribution in [0.2, 0.25) is 0 Å². The number of amides is 1. The molecule has 1 amide bonds. The zero-order valence-corrected chi connectivity index (χ0v) is 14.0. The van der Waals surface area contributed by atoms with Crippen molar-refractivity contribution in [1.29, 1.82) is 0 Å². The molecule has 0 spiro atoms. The molecule has 2 aliphatic rings. The molecule has 0 N–H and O–H groups in total. The van der Waals surface area contributed by atoms with Crippen LogP contribution in [0.3, 0.4) is 0 Å². The summed E-state index contributed by atoms with van der Waals surface area (Å²) in [5.74, 6) is 0.178. The van der Waals surface area contributed by atoms with Gasteiger partial charge in [-0.05, 0) is 48.9 Å². The van der Waals surface area contributed by atoms with Crippen LogP contribution < -0.4 is 4.90 Å². The van der Waals surface area contributed by atoms with E-state index < -0.39 is 0 Å². The van der Waals surface area contributed by atoms with Gasteiger partial charge in [0.1, 0.15) is 0 Å². The average Bonchev–Trinajstić information content (AvgIpc) is 3.15. The fourth-order valence-corrected chi connectivity index (χ4v) is 4.22. The second-order valence-corrected chi connectivity index (χ2v) is 7.16. The summed E-state index contributed by atoms with van der Waals surface area (Å²) in [5.41, 5.74) is 3.67. The first kappa shape index (κ1) is 14.7. The minimum Gasteiger partial charge on any atom is -0.345 e. The van der Waals surface area contributed by atoms with Crippen LogP contribution in [0.1, 0.15) is 34.3 Å². The van der Waals surface area contributed by atoms with Gasteiger partial charge in [-0.1, -0.05) is 6.07 Å². The Balaban J connectivity index is 1.44. The zero-order valence-electron chi connectivity index (χ0n) is 13.2. The lowest BCUT2D eigenvalue weighted by atomic mass is 9.90. The van der Waals surface area contributed by atoms with E-state index in [1.54, 1.807) is 11.3 Å². The van der Waals surface area contributed by atoms with Crippen molar-refractivity contribution in [2.75, 3.05) is 31.1 Å². The molecule has 4 rings (SSSR count). The van der Waals surface area contributed by atoms with Crippen LogP contribution in [0.4, 0.5) is 5.13 Å². The van der Waals surface area contributed by atoms with Gasteiger partial charge in [-0.25, -0.2) is 4.98 Å². The molecule has 4 nitrogen and oxygen atoms in total. The first-order chi connectivity index (χ1) is 11.3. The Kier molecular flexibility index (Phi) is 4.04. The van der Waals surface area contributed by atoms with Crippen LogP contribution >= 0.6 is 11.3 Å². The van der Waals surface area contributed by atoms with Crippen molar-refractivity contribution in [3.05, 3.63) is 46.5 Å². The molecule has 1 aromatic carbocycles. The van der Waals surface area contributed by atoms with Crippen molar-refractivity contribution in [3.63, 3.8) is 0 Å². The van der Waals surface area contributed by atoms with Crippen molar-refractivity contribution in [2.45, 2.75) is 25.7 Å². The number of hydrogen-bond acceptors (Lipinski definition) is 4. The number of benzene rings is 1. The monoisotopic (exact) mass is 327 g/mol. The average molecular weight is 327 g/mol. The molecule has 0 atom stereocenters. The van der Waals surface area contributed by atoms with Crippen LogP contribution in [-0.4, -0.2) is 42.0 Å². The van der Waals surface area contributed by atoms with E-state index in [1.807, 2.05) is 22.5 Å². The van der Waals surface area contributed by atoms with Crippen LogP contribution in [0.15, 0.2) is 29.8 Å². The number of aryl methyl sites for hydroxylation is 2. The van der Waals surface area contributed by atoms with E-state index in [0.29, 0.717) is 0 Å². The standard InChI is InChI=1S/C18H21N3OS/c22-17(16-6-5-14-3-1-2-4-15(14)13-16)20-8-10-21(11-9-20)18-19-7-12-23-18/h5-7,12-13H,1-4,8-11H2. The molecule has 1 aromatic heterocycles. The van der Waals surface area contributed by atoms with Gasteiger partial charge >= 0.3 is 0 Å². The highest BCUT2D eigenvalue weighted by molar-refractivity contribution is 7.13. The van der Waals surface area contributed by atoms with E-state index >= 15 is 0 Å². The summed E-state index contributed by atoms with van der Waals surface area (Å²) in [6, 6.07) is 6.30. The Labute approximate surface area is 140 Å². The van der Waals surface area contributed by atoms with Gasteiger partial charge < -0.3 is 9.80 Å². The first-order valence-corrected chi connectivity index (χ1v) is 9.25. The molecule has 120 valence electrons. The predicted octanol–water partition coefficient (Wildman–Crippen LogP) is 2.98. The third kappa shape index (κ3) is 2.98. The number of nitrogens with zero attached hydrogens (tertiary/aromatic N) is 3. The molecule has 1 saturated heterocycles. The summed E-state index contributed by atoms with van der Waals surface area (Å²) in [5, 5.41) is 3.06. The van der Waals surface area contributed by atoms with Crippen LogP contribution in [0.5, 0.6) is 0 Å². The number of aromatic nitrogens is 1. The van der Waals surface area contributed by atoms with E-state index in [-0.39, 0.29) is 5.91 Å². The van der Waals surface area contributed by atoms with Gasteiger partial charge in [0.15, 0.2) is 5.13 Å². The van der Waals surface area contributed by atoms with E-state index in [1.165, 1.54) is 24.0 Å². The maximum atomic E-state index is 12.8. The third-order valence-corrected chi connectivity index (χ3v) is 5.68. The Hall–Kier alpha value is -1.88. The topological polar surface area (TPSA) is 36.4 Å². The highest BCUT2D eigenvalue weighted by Crippen LogP contribution is 2.24. The normalized spacial score (nSPS) is 17.9. The van der Waals surface area contributed by atoms with E-state index in [9.17, 15) is 4.79 Å². The van der Waals surface area contributed by atoms with Crippen LogP contribution in [0, 0.1) is 0 Å². The largest absolute Gasteiger partial charge is 0.345 e. The fraction of sp³-hybridized carbons (Fsp3) is 0.444. The number of thiazole rings is 1. The fourth-order valence-electron chi connectivity index (χ4n) is 3.52. The van der Waals surface area contributed by atoms with Crippen molar-refractivity contribution >= 4 is 22.4 Å². The number of carbonyl (C=O) groups is 1. The lowest BCUT2D eigenvalue weighted by Gasteiger charge is -2.34. The van der Waals surface area contributed by atoms with Gasteiger partial charge in [-0.2, -0.15) is 0 Å². The Morgan fingerprint density at radius 1 is 1.04 bits per heavy atom. The van der Waals surface area contributed by atoms with Gasteiger partial charge in [0.05, 0.1) is 0 Å². The Bertz CT molecular complexity index is 690. The van der Waals surface area contributed by atoms with Gasteiger partial charge in [0.2, 0.25) is 0 Å². The molecule has 23 heavy (non-hydrogen) atoms. The smallest absolute Gasteiger partial charge is 0.253 e. The molecule has 1 aliphatic carbocycles. The molecule has 2 aromatic rings. The number of piperazine rings is 1. The molecular formula is C18H21N3OS. The molecular weight excluding hydrogens is 306 g/mol. The number of fused-ring (bicyclic) bond motifs is 1. The molecule has 0 bridgehead atoms. The lowest BCUT2D eigenvalue weighted by molar-refractivity contribution is 0.0746. The minimum atomic E-state index is 0.178. The molecule has 5 heteroatoms. The van der Waals surface area contributed by atoms with Gasteiger partial charge in [-0.15, -0.1) is 11.3 Å². The number of anilines is 1. The van der Waals surface area contributed by atoms with E-state index in [0.717, 1.165) is 49.7 Å². The zero-order chi connectivity index (χ0) is 15.6. The molecule has 1 fully saturated rings. The Morgan fingerprint density at radius 3 is 2.57 bits per heavy atom. The second-order valence-electron chi connectivity index (χ2n) is 6.28. The maximum absolute atomic E-state index is 12.8. The number of rotatable bonds is 2. The van der Waals surface area contributed by atoms with Crippen LogP contribution in [0.25, 0.3) is 0 Å². The quantitative estimate of drug-likeness (QED) is 0.851. The summed E-state index contributed by atoms with van der Waals surface area (Å²) >= 11 is 1.66. The molecule has 2 heterocycles. The highest BCUT2D eigenvalue weighted by Gasteiger charge is 2.24. The number of hydrogen-bond donors (Lipinski definition) is 0. The summed E-state index contributed by atoms with van der Waals surface area (Å²) in [4.78, 5) is 21.4. The first-order valence-electron chi connectivity index (χ1n) is 8.37. The molecule has 0 unspecified atom stereocenters. The maximum Gasteiger partial charge on any atom is 0.253 e. The SMILES string of the molecule is O=C(c1ccc2c(c1)CCCC2)N1CCN(c2nccs2)CC1. The minimum absolute atomic E-state index is 0.178. The molecule has 0 saturated carbocycles. The summed E-state index contributed by atoms with van der Waals surface area (Å²) in [6.45, 7) is 3.28. The third-order valence-electron chi connectivity index (χ3n) is 4.85. The lowest BCUT2D eigenvalue weighted by Crippen LogP contribution is -2.48. The molecule has 1 aliphatic heterocycles. The summed E-state index contributed by atoms with van der Waals surface area (Å²) in [7, 11) is 0. The van der Waals surface area contributed by atoms with Crippen molar-refractivity contribution in [2.24, 2.45) is 0 Å². The summed E-state index contributed by atoms with van der Waals surface area (Å²) in [6.07, 6.45) is 6.64. The molecule has 0 radical (unpaired) electrons. The predicted molar refractivity (Wildman–Crippen MR) is 93.3 cm³/mol. The number of carbonyl (C=O) groups excluding carboxylic acids is 1. The van der Waals surface area contributed by atoms with Crippen molar-refractivity contribution < 1.29 is 4.79 Å². The van der Waals surface area contributed by atoms with Gasteiger partial charge in [-0.3, -0.25) is 4.79 Å².